The molecule has 1 saturated heterocycles. The molecule has 8 nitrogen and oxygen atoms in total. The summed E-state index contributed by atoms with van der Waals surface area (Å²) >= 11 is 0. The van der Waals surface area contributed by atoms with Crippen LogP contribution in [0, 0.1) is 0 Å². The molecule has 2 aromatic carbocycles. The number of hydrogen-bond acceptors (Lipinski definition) is 6. The first-order valence-corrected chi connectivity index (χ1v) is 10.4. The molecule has 0 spiro atoms. The van der Waals surface area contributed by atoms with Crippen molar-refractivity contribution in [2.24, 2.45) is 0 Å². The van der Waals surface area contributed by atoms with Crippen molar-refractivity contribution in [3.63, 3.8) is 0 Å². The monoisotopic (exact) mass is 427 g/mol. The zero-order valence-electron chi connectivity index (χ0n) is 17.7. The first-order chi connectivity index (χ1) is 15.1. The fraction of sp³-hybridized carbons (Fsp3) is 0.391. The lowest BCUT2D eigenvalue weighted by Gasteiger charge is -2.13. The maximum Gasteiger partial charge on any atom is 0.251 e. The van der Waals surface area contributed by atoms with Crippen molar-refractivity contribution in [2.45, 2.75) is 18.9 Å². The zero-order valence-corrected chi connectivity index (χ0v) is 17.7. The van der Waals surface area contributed by atoms with Gasteiger partial charge in [0.25, 0.3) is 5.91 Å². The molecule has 2 aromatic rings. The van der Waals surface area contributed by atoms with Gasteiger partial charge in [-0.1, -0.05) is 12.1 Å². The summed E-state index contributed by atoms with van der Waals surface area (Å²) in [6.07, 6.45) is 2.22. The molecule has 1 fully saturated rings. The lowest BCUT2D eigenvalue weighted by molar-refractivity contribution is -0.114. The molecule has 0 radical (unpaired) electrons. The molecule has 0 saturated carbocycles. The molecule has 1 aliphatic heterocycles. The van der Waals surface area contributed by atoms with Gasteiger partial charge in [-0.3, -0.25) is 9.59 Å². The van der Waals surface area contributed by atoms with Crippen LogP contribution in [0.3, 0.4) is 0 Å². The SMILES string of the molecule is COCCNC(=O)c1cccc(NCC(=O)Nc2cccc(OCC3CCCO3)c2)c1. The van der Waals surface area contributed by atoms with Gasteiger partial charge in [-0.25, -0.2) is 0 Å². The molecule has 8 heteroatoms. The summed E-state index contributed by atoms with van der Waals surface area (Å²) in [5.41, 5.74) is 1.85. The summed E-state index contributed by atoms with van der Waals surface area (Å²) in [5.74, 6) is 0.296. The van der Waals surface area contributed by atoms with E-state index in [1.807, 2.05) is 18.2 Å². The van der Waals surface area contributed by atoms with E-state index < -0.39 is 0 Å². The van der Waals surface area contributed by atoms with E-state index in [1.165, 1.54) is 0 Å². The minimum absolute atomic E-state index is 0.0652. The van der Waals surface area contributed by atoms with Gasteiger partial charge in [0.2, 0.25) is 5.91 Å². The number of anilines is 2. The summed E-state index contributed by atoms with van der Waals surface area (Å²) < 4.78 is 16.3. The number of carbonyl (C=O) groups is 2. The molecule has 1 heterocycles. The predicted molar refractivity (Wildman–Crippen MR) is 119 cm³/mol. The maximum absolute atomic E-state index is 12.3. The fourth-order valence-electron chi connectivity index (χ4n) is 3.16. The average Bonchev–Trinajstić information content (AvgIpc) is 3.31. The van der Waals surface area contributed by atoms with E-state index in [-0.39, 0.29) is 24.5 Å². The van der Waals surface area contributed by atoms with Gasteiger partial charge in [0.1, 0.15) is 12.4 Å². The summed E-state index contributed by atoms with van der Waals surface area (Å²) in [4.78, 5) is 24.5. The maximum atomic E-state index is 12.3. The number of ether oxygens (including phenoxy) is 3. The number of hydrogen-bond donors (Lipinski definition) is 3. The van der Waals surface area contributed by atoms with Crippen LogP contribution in [0.25, 0.3) is 0 Å². The lowest BCUT2D eigenvalue weighted by Crippen LogP contribution is -2.27. The Morgan fingerprint density at radius 3 is 2.77 bits per heavy atom. The standard InChI is InChI=1S/C23H29N3O5/c1-29-12-10-24-23(28)17-5-2-6-18(13-17)25-15-22(27)26-19-7-3-8-20(14-19)31-16-21-9-4-11-30-21/h2-3,5-8,13-14,21,25H,4,9-12,15-16H2,1H3,(H,24,28)(H,26,27). The van der Waals surface area contributed by atoms with E-state index in [4.69, 9.17) is 14.2 Å². The van der Waals surface area contributed by atoms with Gasteiger partial charge in [0.15, 0.2) is 0 Å². The smallest absolute Gasteiger partial charge is 0.251 e. The molecule has 1 atom stereocenters. The summed E-state index contributed by atoms with van der Waals surface area (Å²) in [5, 5.41) is 8.65. The predicted octanol–water partition coefficient (Wildman–Crippen LogP) is 2.67. The lowest BCUT2D eigenvalue weighted by atomic mass is 10.2. The van der Waals surface area contributed by atoms with E-state index in [9.17, 15) is 9.59 Å². The second-order valence-electron chi connectivity index (χ2n) is 7.21. The minimum Gasteiger partial charge on any atom is -0.491 e. The summed E-state index contributed by atoms with van der Waals surface area (Å²) in [7, 11) is 1.58. The highest BCUT2D eigenvalue weighted by molar-refractivity contribution is 5.96. The molecule has 166 valence electrons. The Kier molecular flexibility index (Phi) is 8.69. The van der Waals surface area contributed by atoms with E-state index in [0.717, 1.165) is 19.4 Å². The number of rotatable bonds is 11. The highest BCUT2D eigenvalue weighted by atomic mass is 16.5. The van der Waals surface area contributed by atoms with Gasteiger partial charge in [-0.05, 0) is 43.2 Å². The average molecular weight is 428 g/mol. The van der Waals surface area contributed by atoms with Crippen LogP contribution in [-0.4, -0.2) is 57.9 Å². The van der Waals surface area contributed by atoms with Crippen LogP contribution in [0.4, 0.5) is 11.4 Å². The summed E-state index contributed by atoms with van der Waals surface area (Å²) in [6.45, 7) is 2.25. The normalized spacial score (nSPS) is 15.3. The van der Waals surface area contributed by atoms with Crippen molar-refractivity contribution in [1.29, 1.82) is 0 Å². The van der Waals surface area contributed by atoms with E-state index >= 15 is 0 Å². The minimum atomic E-state index is -0.203. The van der Waals surface area contributed by atoms with E-state index in [2.05, 4.69) is 16.0 Å². The largest absolute Gasteiger partial charge is 0.491 e. The third-order valence-electron chi connectivity index (χ3n) is 4.75. The van der Waals surface area contributed by atoms with Crippen LogP contribution in [0.2, 0.25) is 0 Å². The molecule has 0 aromatic heterocycles. The Morgan fingerprint density at radius 2 is 1.97 bits per heavy atom. The third kappa shape index (κ3) is 7.58. The van der Waals surface area contributed by atoms with E-state index in [0.29, 0.717) is 42.4 Å². The molecule has 31 heavy (non-hydrogen) atoms. The second-order valence-corrected chi connectivity index (χ2v) is 7.21. The van der Waals surface area contributed by atoms with Gasteiger partial charge in [0, 0.05) is 43.3 Å². The van der Waals surface area contributed by atoms with Crippen molar-refractivity contribution in [2.75, 3.05) is 50.7 Å². The number of nitrogens with one attached hydrogen (secondary N) is 3. The first-order valence-electron chi connectivity index (χ1n) is 10.4. The van der Waals surface area contributed by atoms with Crippen molar-refractivity contribution in [1.82, 2.24) is 5.32 Å². The third-order valence-corrected chi connectivity index (χ3v) is 4.75. The van der Waals surface area contributed by atoms with Gasteiger partial charge < -0.3 is 30.2 Å². The summed E-state index contributed by atoms with van der Waals surface area (Å²) in [6, 6.07) is 14.3. The Morgan fingerprint density at radius 1 is 1.13 bits per heavy atom. The molecule has 0 bridgehead atoms. The highest BCUT2D eigenvalue weighted by Gasteiger charge is 2.16. The van der Waals surface area contributed by atoms with Crippen LogP contribution in [0.15, 0.2) is 48.5 Å². The molecular formula is C23H29N3O5. The second kappa shape index (κ2) is 11.9. The highest BCUT2D eigenvalue weighted by Crippen LogP contribution is 2.20. The first kappa shape index (κ1) is 22.6. The Labute approximate surface area is 182 Å². The molecule has 2 amide bonds. The number of methoxy groups -OCH3 is 1. The molecule has 3 rings (SSSR count). The van der Waals surface area contributed by atoms with Crippen molar-refractivity contribution < 1.29 is 23.8 Å². The van der Waals surface area contributed by atoms with Crippen LogP contribution < -0.4 is 20.7 Å². The van der Waals surface area contributed by atoms with E-state index in [1.54, 1.807) is 37.4 Å². The number of benzene rings is 2. The van der Waals surface area contributed by atoms with Crippen molar-refractivity contribution in [3.8, 4) is 5.75 Å². The topological polar surface area (TPSA) is 97.9 Å². The van der Waals surface area contributed by atoms with Gasteiger partial charge in [-0.2, -0.15) is 0 Å². The van der Waals surface area contributed by atoms with Crippen LogP contribution in [-0.2, 0) is 14.3 Å². The molecule has 0 aliphatic carbocycles. The van der Waals surface area contributed by atoms with Crippen LogP contribution in [0.5, 0.6) is 5.75 Å². The molecular weight excluding hydrogens is 398 g/mol. The van der Waals surface area contributed by atoms with Crippen LogP contribution >= 0.6 is 0 Å². The molecule has 1 unspecified atom stereocenters. The fourth-order valence-corrected chi connectivity index (χ4v) is 3.16. The Bertz CT molecular complexity index is 868. The van der Waals surface area contributed by atoms with Gasteiger partial charge >= 0.3 is 0 Å². The Balaban J connectivity index is 1.46. The number of carbonyl (C=O) groups excluding carboxylic acids is 2. The quantitative estimate of drug-likeness (QED) is 0.477. The molecule has 1 aliphatic rings. The van der Waals surface area contributed by atoms with Gasteiger partial charge in [-0.15, -0.1) is 0 Å². The Hall–Kier alpha value is -3.10. The molecule has 3 N–H and O–H groups in total. The van der Waals surface area contributed by atoms with Gasteiger partial charge in [0.05, 0.1) is 19.3 Å². The number of amides is 2. The van der Waals surface area contributed by atoms with Crippen molar-refractivity contribution >= 4 is 23.2 Å². The van der Waals surface area contributed by atoms with Crippen LogP contribution in [0.1, 0.15) is 23.2 Å². The van der Waals surface area contributed by atoms with Crippen molar-refractivity contribution in [3.05, 3.63) is 54.1 Å². The zero-order chi connectivity index (χ0) is 21.9.